The molecule has 0 saturated carbocycles. The Bertz CT molecular complexity index is 871. The number of aromatic carboxylic acids is 1. The van der Waals surface area contributed by atoms with E-state index in [0.717, 1.165) is 0 Å². The van der Waals surface area contributed by atoms with Crippen molar-refractivity contribution in [3.8, 4) is 5.75 Å². The Hall–Kier alpha value is -3.03. The summed E-state index contributed by atoms with van der Waals surface area (Å²) < 4.78 is 35.5. The Kier molecular flexibility index (Phi) is 6.03. The number of benzene rings is 1. The Balaban J connectivity index is 3.14. The Morgan fingerprint density at radius 3 is 2.04 bits per heavy atom. The number of esters is 1. The molecule has 0 amide bonds. The highest BCUT2D eigenvalue weighted by molar-refractivity contribution is 7.85. The van der Waals surface area contributed by atoms with Crippen molar-refractivity contribution >= 4 is 34.0 Å². The summed E-state index contributed by atoms with van der Waals surface area (Å²) in [6, 6.07) is 1.91. The van der Waals surface area contributed by atoms with E-state index in [1.165, 1.54) is 0 Å². The van der Waals surface area contributed by atoms with Crippen LogP contribution in [0.3, 0.4) is 0 Å². The molecule has 0 aromatic heterocycles. The Morgan fingerprint density at radius 1 is 1.04 bits per heavy atom. The van der Waals surface area contributed by atoms with E-state index in [9.17, 15) is 32.7 Å². The Labute approximate surface area is 145 Å². The minimum atomic E-state index is -4.74. The van der Waals surface area contributed by atoms with Gasteiger partial charge in [-0.25, -0.2) is 9.59 Å². The van der Waals surface area contributed by atoms with Gasteiger partial charge >= 0.3 is 23.9 Å². The van der Waals surface area contributed by atoms with Crippen molar-refractivity contribution in [3.63, 3.8) is 0 Å². The van der Waals surface area contributed by atoms with Gasteiger partial charge in [0.2, 0.25) is 0 Å². The number of carboxylic acids is 3. The predicted octanol–water partition coefficient (Wildman–Crippen LogP) is -0.783. The Morgan fingerprint density at radius 2 is 1.62 bits per heavy atom. The van der Waals surface area contributed by atoms with Crippen LogP contribution in [-0.2, 0) is 24.5 Å². The van der Waals surface area contributed by atoms with Crippen molar-refractivity contribution in [2.45, 2.75) is 23.3 Å². The maximum atomic E-state index is 11.8. The van der Waals surface area contributed by atoms with Crippen molar-refractivity contribution in [1.29, 1.82) is 0 Å². The van der Waals surface area contributed by atoms with Crippen LogP contribution in [0.2, 0.25) is 0 Å². The summed E-state index contributed by atoms with van der Waals surface area (Å²) in [5, 5.41) is 36.2. The number of ether oxygens (including phenoxy) is 1. The van der Waals surface area contributed by atoms with Gasteiger partial charge in [0.15, 0.2) is 5.60 Å². The second-order valence-corrected chi connectivity index (χ2v) is 6.42. The highest BCUT2D eigenvalue weighted by Gasteiger charge is 2.41. The van der Waals surface area contributed by atoms with Crippen LogP contribution in [0, 0.1) is 0 Å². The van der Waals surface area contributed by atoms with E-state index < -0.39 is 68.6 Å². The molecule has 12 nitrogen and oxygen atoms in total. The molecule has 142 valence electrons. The molecule has 0 fully saturated rings. The molecule has 1 unspecified atom stereocenters. The normalized spacial score (nSPS) is 13.5. The average molecular weight is 392 g/mol. The van der Waals surface area contributed by atoms with Crippen LogP contribution >= 0.6 is 0 Å². The van der Waals surface area contributed by atoms with Gasteiger partial charge in [-0.3, -0.25) is 14.1 Å². The van der Waals surface area contributed by atoms with E-state index in [1.54, 1.807) is 0 Å². The maximum Gasteiger partial charge on any atom is 0.339 e. The van der Waals surface area contributed by atoms with Crippen LogP contribution in [-0.4, -0.2) is 62.9 Å². The second kappa shape index (κ2) is 7.47. The standard InChI is InChI=1S/C13H12O12S/c14-9(15)4-13(21,12(19)20)5-10(16)25-8-2-1-6(26(22,23)24)3-7(8)11(17)18/h1-3,21H,4-5H2,(H,14,15)(H,17,18)(H,19,20)(H,22,23,24). The zero-order valence-electron chi connectivity index (χ0n) is 12.6. The van der Waals surface area contributed by atoms with Crippen molar-refractivity contribution in [3.05, 3.63) is 23.8 Å². The lowest BCUT2D eigenvalue weighted by molar-refractivity contribution is -0.169. The molecule has 0 bridgehead atoms. The number of rotatable bonds is 8. The average Bonchev–Trinajstić information content (AvgIpc) is 2.44. The molecule has 1 atom stereocenters. The SMILES string of the molecule is O=C(O)CC(O)(CC(=O)Oc1ccc(S(=O)(=O)O)cc1C(=O)O)C(=O)O. The molecule has 0 aliphatic heterocycles. The summed E-state index contributed by atoms with van der Waals surface area (Å²) in [4.78, 5) is 43.7. The number of aliphatic hydroxyl groups is 1. The van der Waals surface area contributed by atoms with E-state index >= 15 is 0 Å². The summed E-state index contributed by atoms with van der Waals surface area (Å²) in [6.07, 6.45) is -2.65. The van der Waals surface area contributed by atoms with E-state index in [2.05, 4.69) is 4.74 Å². The molecule has 0 heterocycles. The highest BCUT2D eigenvalue weighted by Crippen LogP contribution is 2.25. The first-order valence-electron chi connectivity index (χ1n) is 6.49. The maximum absolute atomic E-state index is 11.8. The molecule has 1 aromatic rings. The molecule has 13 heteroatoms. The first-order valence-corrected chi connectivity index (χ1v) is 7.93. The minimum Gasteiger partial charge on any atom is -0.481 e. The minimum absolute atomic E-state index is 0.487. The van der Waals surface area contributed by atoms with Gasteiger partial charge in [0.25, 0.3) is 10.1 Å². The molecule has 0 spiro atoms. The molecule has 1 aromatic carbocycles. The fourth-order valence-corrected chi connectivity index (χ4v) is 2.29. The largest absolute Gasteiger partial charge is 0.481 e. The number of hydrogen-bond acceptors (Lipinski definition) is 8. The zero-order chi connectivity index (χ0) is 20.3. The van der Waals surface area contributed by atoms with E-state index in [1.807, 2.05) is 0 Å². The van der Waals surface area contributed by atoms with Gasteiger partial charge < -0.3 is 25.2 Å². The lowest BCUT2D eigenvalue weighted by Gasteiger charge is -2.20. The summed E-state index contributed by atoms with van der Waals surface area (Å²) >= 11 is 0. The summed E-state index contributed by atoms with van der Waals surface area (Å²) in [5.41, 5.74) is -3.86. The van der Waals surface area contributed by atoms with E-state index in [-0.39, 0.29) is 0 Å². The topological polar surface area (TPSA) is 213 Å². The zero-order valence-corrected chi connectivity index (χ0v) is 13.5. The number of carbonyl (C=O) groups is 4. The van der Waals surface area contributed by atoms with Gasteiger partial charge in [-0.05, 0) is 18.2 Å². The van der Waals surface area contributed by atoms with E-state index in [4.69, 9.17) is 19.9 Å². The quantitative estimate of drug-likeness (QED) is 0.209. The predicted molar refractivity (Wildman–Crippen MR) is 78.3 cm³/mol. The third-order valence-electron chi connectivity index (χ3n) is 2.98. The molecule has 5 N–H and O–H groups in total. The van der Waals surface area contributed by atoms with Crippen LogP contribution in [0.25, 0.3) is 0 Å². The van der Waals surface area contributed by atoms with Gasteiger partial charge in [0, 0.05) is 0 Å². The fourth-order valence-electron chi connectivity index (χ4n) is 1.79. The number of aliphatic carboxylic acids is 2. The van der Waals surface area contributed by atoms with Gasteiger partial charge in [0.05, 0.1) is 17.7 Å². The van der Waals surface area contributed by atoms with Crippen LogP contribution in [0.4, 0.5) is 0 Å². The molecule has 26 heavy (non-hydrogen) atoms. The van der Waals surface area contributed by atoms with Crippen molar-refractivity contribution in [1.82, 2.24) is 0 Å². The first-order chi connectivity index (χ1) is 11.8. The summed E-state index contributed by atoms with van der Waals surface area (Å²) in [6.45, 7) is 0. The highest BCUT2D eigenvalue weighted by atomic mass is 32.2. The molecule has 0 aliphatic carbocycles. The van der Waals surface area contributed by atoms with Crippen molar-refractivity contribution < 1.29 is 57.3 Å². The molecular formula is C13H12O12S. The number of carboxylic acid groups (broad SMARTS) is 3. The fraction of sp³-hybridized carbons (Fsp3) is 0.231. The lowest BCUT2D eigenvalue weighted by atomic mass is 9.96. The molecular weight excluding hydrogens is 380 g/mol. The van der Waals surface area contributed by atoms with E-state index in [0.29, 0.717) is 18.2 Å². The van der Waals surface area contributed by atoms with Crippen LogP contribution in [0.15, 0.2) is 23.1 Å². The summed E-state index contributed by atoms with van der Waals surface area (Å²) in [7, 11) is -4.74. The second-order valence-electron chi connectivity index (χ2n) is 5.00. The summed E-state index contributed by atoms with van der Waals surface area (Å²) in [5.74, 6) is -7.67. The van der Waals surface area contributed by atoms with Crippen molar-refractivity contribution in [2.24, 2.45) is 0 Å². The van der Waals surface area contributed by atoms with Gasteiger partial charge in [-0.2, -0.15) is 8.42 Å². The molecule has 0 saturated heterocycles. The third kappa shape index (κ3) is 5.23. The van der Waals surface area contributed by atoms with Crippen LogP contribution in [0.5, 0.6) is 5.75 Å². The number of carbonyl (C=O) groups excluding carboxylic acids is 1. The smallest absolute Gasteiger partial charge is 0.339 e. The molecule has 0 radical (unpaired) electrons. The van der Waals surface area contributed by atoms with Crippen LogP contribution in [0.1, 0.15) is 23.2 Å². The first kappa shape index (κ1) is 21.0. The van der Waals surface area contributed by atoms with Crippen molar-refractivity contribution in [2.75, 3.05) is 0 Å². The third-order valence-corrected chi connectivity index (χ3v) is 3.83. The van der Waals surface area contributed by atoms with Gasteiger partial charge in [0.1, 0.15) is 11.3 Å². The van der Waals surface area contributed by atoms with Gasteiger partial charge in [-0.1, -0.05) is 0 Å². The molecule has 1 rings (SSSR count). The van der Waals surface area contributed by atoms with Crippen LogP contribution < -0.4 is 4.74 Å². The number of hydrogen-bond donors (Lipinski definition) is 5. The van der Waals surface area contributed by atoms with Gasteiger partial charge in [-0.15, -0.1) is 0 Å². The monoisotopic (exact) mass is 392 g/mol. The molecule has 0 aliphatic rings. The lowest BCUT2D eigenvalue weighted by Crippen LogP contribution is -2.43.